The van der Waals surface area contributed by atoms with Crippen LogP contribution in [0.3, 0.4) is 0 Å². The number of rotatable bonds is 5. The number of fused-ring (bicyclic) bond motifs is 1. The van der Waals surface area contributed by atoms with Gasteiger partial charge in [-0.3, -0.25) is 4.79 Å². The molecule has 1 atom stereocenters. The number of methoxy groups -OCH3 is 1. The molecule has 1 amide bonds. The second kappa shape index (κ2) is 9.72. The van der Waals surface area contributed by atoms with Crippen molar-refractivity contribution in [2.24, 2.45) is 5.41 Å². The summed E-state index contributed by atoms with van der Waals surface area (Å²) in [5, 5.41) is 13.6. The van der Waals surface area contributed by atoms with E-state index < -0.39 is 23.1 Å². The summed E-state index contributed by atoms with van der Waals surface area (Å²) in [4.78, 5) is 21.9. The molecule has 0 fully saturated rings. The van der Waals surface area contributed by atoms with Crippen molar-refractivity contribution >= 4 is 22.5 Å². The number of carbonyl (C=O) groups is 1. The number of phenolic OH excluding ortho intramolecular Hbond substituents is 1. The number of nitrogens with zero attached hydrogens (tertiary/aromatic N) is 2. The van der Waals surface area contributed by atoms with Crippen LogP contribution >= 0.6 is 0 Å². The predicted molar refractivity (Wildman–Crippen MR) is 135 cm³/mol. The van der Waals surface area contributed by atoms with Crippen molar-refractivity contribution < 1.29 is 27.8 Å². The van der Waals surface area contributed by atoms with Crippen LogP contribution in [0.1, 0.15) is 37.8 Å². The number of benzene rings is 3. The minimum absolute atomic E-state index is 0.0286. The third kappa shape index (κ3) is 5.50. The lowest BCUT2D eigenvalue weighted by Gasteiger charge is -2.30. The lowest BCUT2D eigenvalue weighted by atomic mass is 9.75. The highest BCUT2D eigenvalue weighted by Gasteiger charge is 2.35. The average Bonchev–Trinajstić information content (AvgIpc) is 2.82. The maximum absolute atomic E-state index is 13.3. The van der Waals surface area contributed by atoms with Gasteiger partial charge in [-0.15, -0.1) is 0 Å². The van der Waals surface area contributed by atoms with Crippen LogP contribution in [0.2, 0.25) is 0 Å². The van der Waals surface area contributed by atoms with Crippen LogP contribution in [-0.4, -0.2) is 28.1 Å². The van der Waals surface area contributed by atoms with Crippen molar-refractivity contribution in [3.8, 4) is 22.8 Å². The summed E-state index contributed by atoms with van der Waals surface area (Å²) in [6, 6.07) is 14.9. The van der Waals surface area contributed by atoms with Crippen molar-refractivity contribution in [1.82, 2.24) is 9.97 Å². The number of alkyl halides is 3. The fourth-order valence-electron chi connectivity index (χ4n) is 4.30. The normalized spacial score (nSPS) is 12.8. The van der Waals surface area contributed by atoms with Crippen molar-refractivity contribution in [2.75, 3.05) is 12.4 Å². The molecule has 0 aliphatic rings. The van der Waals surface area contributed by atoms with Crippen molar-refractivity contribution in [1.29, 1.82) is 0 Å². The first-order valence-electron chi connectivity index (χ1n) is 11.5. The first-order chi connectivity index (χ1) is 17.4. The van der Waals surface area contributed by atoms with Crippen LogP contribution in [0.5, 0.6) is 11.5 Å². The van der Waals surface area contributed by atoms with Gasteiger partial charge in [-0.1, -0.05) is 45.0 Å². The van der Waals surface area contributed by atoms with E-state index in [1.165, 1.54) is 31.6 Å². The second-order valence-corrected chi connectivity index (χ2v) is 9.75. The Morgan fingerprint density at radius 1 is 0.973 bits per heavy atom. The zero-order valence-corrected chi connectivity index (χ0v) is 20.7. The van der Waals surface area contributed by atoms with Crippen LogP contribution in [0, 0.1) is 5.41 Å². The Bertz CT molecular complexity index is 1430. The largest absolute Gasteiger partial charge is 0.504 e. The molecule has 37 heavy (non-hydrogen) atoms. The first-order valence-corrected chi connectivity index (χ1v) is 11.5. The standard InChI is InChI=1S/C28H26F3N3O3/c1-27(2,3)24(16-5-9-18(10-6-16)28(29,30)31)26(36)34-19-11-7-17(8-12-19)25-20-13-23(37-4)22(35)14-21(20)32-15-33-25/h5-15,24,35H,1-4H3,(H,34,36). The lowest BCUT2D eigenvalue weighted by molar-refractivity contribution is -0.137. The quantitative estimate of drug-likeness (QED) is 0.309. The summed E-state index contributed by atoms with van der Waals surface area (Å²) in [5.74, 6) is -0.740. The number of aromatic hydroxyl groups is 1. The van der Waals surface area contributed by atoms with Crippen LogP contribution < -0.4 is 10.1 Å². The molecule has 3 aromatic carbocycles. The molecule has 9 heteroatoms. The Morgan fingerprint density at radius 2 is 1.62 bits per heavy atom. The summed E-state index contributed by atoms with van der Waals surface area (Å²) < 4.78 is 44.2. The molecule has 0 aliphatic heterocycles. The van der Waals surface area contributed by atoms with E-state index in [4.69, 9.17) is 4.74 Å². The number of hydrogen-bond acceptors (Lipinski definition) is 5. The topological polar surface area (TPSA) is 84.3 Å². The highest BCUT2D eigenvalue weighted by molar-refractivity contribution is 5.97. The van der Waals surface area contributed by atoms with Gasteiger partial charge in [0.25, 0.3) is 0 Å². The van der Waals surface area contributed by atoms with Gasteiger partial charge in [0.05, 0.1) is 29.8 Å². The molecule has 1 aromatic heterocycles. The summed E-state index contributed by atoms with van der Waals surface area (Å²) >= 11 is 0. The highest BCUT2D eigenvalue weighted by atomic mass is 19.4. The van der Waals surface area contributed by atoms with Crippen LogP contribution in [0.15, 0.2) is 67.0 Å². The fraction of sp³-hybridized carbons (Fsp3) is 0.250. The van der Waals surface area contributed by atoms with Gasteiger partial charge >= 0.3 is 6.18 Å². The number of amides is 1. The minimum Gasteiger partial charge on any atom is -0.504 e. The minimum atomic E-state index is -4.44. The van der Waals surface area contributed by atoms with Gasteiger partial charge in [-0.25, -0.2) is 9.97 Å². The zero-order valence-electron chi connectivity index (χ0n) is 20.7. The second-order valence-electron chi connectivity index (χ2n) is 9.75. The number of ether oxygens (including phenoxy) is 1. The lowest BCUT2D eigenvalue weighted by Crippen LogP contribution is -2.31. The van der Waals surface area contributed by atoms with Gasteiger partial charge in [-0.2, -0.15) is 13.2 Å². The van der Waals surface area contributed by atoms with Crippen LogP contribution in [0.25, 0.3) is 22.2 Å². The number of halogens is 3. The van der Waals surface area contributed by atoms with Gasteiger partial charge in [0, 0.05) is 22.7 Å². The molecule has 0 bridgehead atoms. The number of carbonyl (C=O) groups excluding carboxylic acids is 1. The Hall–Kier alpha value is -4.14. The van der Waals surface area contributed by atoms with Crippen molar-refractivity contribution in [3.63, 3.8) is 0 Å². The molecular weight excluding hydrogens is 483 g/mol. The highest BCUT2D eigenvalue weighted by Crippen LogP contribution is 2.38. The van der Waals surface area contributed by atoms with Gasteiger partial charge < -0.3 is 15.2 Å². The van der Waals surface area contributed by atoms with E-state index >= 15 is 0 Å². The molecule has 4 rings (SSSR count). The molecule has 2 N–H and O–H groups in total. The third-order valence-electron chi connectivity index (χ3n) is 6.06. The summed E-state index contributed by atoms with van der Waals surface area (Å²) in [5.41, 5.74) is 1.65. The molecule has 0 saturated heterocycles. The Labute approximate surface area is 212 Å². The molecule has 0 saturated carbocycles. The summed E-state index contributed by atoms with van der Waals surface area (Å²) in [7, 11) is 1.46. The predicted octanol–water partition coefficient (Wildman–Crippen LogP) is 6.80. The Kier molecular flexibility index (Phi) is 6.82. The number of aromatic nitrogens is 2. The smallest absolute Gasteiger partial charge is 0.416 e. The van der Waals surface area contributed by atoms with Gasteiger partial charge in [0.1, 0.15) is 6.33 Å². The maximum atomic E-state index is 13.3. The Morgan fingerprint density at radius 3 is 2.19 bits per heavy atom. The number of anilines is 1. The molecule has 0 radical (unpaired) electrons. The molecular formula is C28H26F3N3O3. The van der Waals surface area contributed by atoms with E-state index in [9.17, 15) is 23.1 Å². The molecule has 1 unspecified atom stereocenters. The van der Waals surface area contributed by atoms with Crippen LogP contribution in [-0.2, 0) is 11.0 Å². The van der Waals surface area contributed by atoms with E-state index in [1.54, 1.807) is 30.3 Å². The first kappa shape index (κ1) is 25.9. The van der Waals surface area contributed by atoms with E-state index in [1.807, 2.05) is 20.8 Å². The number of hydrogen-bond donors (Lipinski definition) is 2. The van der Waals surface area contributed by atoms with E-state index in [0.717, 1.165) is 17.7 Å². The van der Waals surface area contributed by atoms with Crippen molar-refractivity contribution in [3.05, 3.63) is 78.1 Å². The van der Waals surface area contributed by atoms with E-state index in [-0.39, 0.29) is 11.7 Å². The van der Waals surface area contributed by atoms with Crippen LogP contribution in [0.4, 0.5) is 18.9 Å². The summed E-state index contributed by atoms with van der Waals surface area (Å²) in [6.07, 6.45) is -3.04. The SMILES string of the molecule is COc1cc2c(-c3ccc(NC(=O)C(c4ccc(C(F)(F)F)cc4)C(C)(C)C)cc3)ncnc2cc1O. The molecule has 4 aromatic rings. The molecule has 192 valence electrons. The van der Waals surface area contributed by atoms with E-state index in [0.29, 0.717) is 33.6 Å². The summed E-state index contributed by atoms with van der Waals surface area (Å²) in [6.45, 7) is 5.60. The van der Waals surface area contributed by atoms with E-state index in [2.05, 4.69) is 15.3 Å². The van der Waals surface area contributed by atoms with Gasteiger partial charge in [0.15, 0.2) is 11.5 Å². The Balaban J connectivity index is 1.60. The maximum Gasteiger partial charge on any atom is 0.416 e. The average molecular weight is 510 g/mol. The molecule has 6 nitrogen and oxygen atoms in total. The molecule has 0 spiro atoms. The number of phenols is 1. The van der Waals surface area contributed by atoms with Gasteiger partial charge in [0.2, 0.25) is 5.91 Å². The van der Waals surface area contributed by atoms with Crippen molar-refractivity contribution in [2.45, 2.75) is 32.9 Å². The molecule has 0 aliphatic carbocycles. The number of nitrogens with one attached hydrogen (secondary N) is 1. The fourth-order valence-corrected chi connectivity index (χ4v) is 4.30. The monoisotopic (exact) mass is 509 g/mol. The van der Waals surface area contributed by atoms with Gasteiger partial charge in [-0.05, 0) is 41.3 Å². The third-order valence-corrected chi connectivity index (χ3v) is 6.06. The zero-order chi connectivity index (χ0) is 27.0. The molecule has 1 heterocycles.